The Hall–Kier alpha value is -1.42. The van der Waals surface area contributed by atoms with Gasteiger partial charge >= 0.3 is 0 Å². The summed E-state index contributed by atoms with van der Waals surface area (Å²) in [5.41, 5.74) is 2.12. The van der Waals surface area contributed by atoms with Gasteiger partial charge in [0.2, 0.25) is 5.91 Å². The first kappa shape index (κ1) is 14.0. The quantitative estimate of drug-likeness (QED) is 0.856. The topological polar surface area (TPSA) is 40.5 Å². The van der Waals surface area contributed by atoms with E-state index in [9.17, 15) is 9.90 Å². The van der Waals surface area contributed by atoms with Gasteiger partial charge in [0.05, 0.1) is 10.8 Å². The average Bonchev–Trinajstić information content (AvgIpc) is 2.62. The minimum Gasteiger partial charge on any atom is -0.508 e. The number of carbonyl (C=O) groups excluding carboxylic acids is 1. The molecule has 0 unspecified atom stereocenters. The van der Waals surface area contributed by atoms with Crippen molar-refractivity contribution in [2.75, 3.05) is 12.8 Å². The highest BCUT2D eigenvalue weighted by Gasteiger charge is 2.31. The lowest BCUT2D eigenvalue weighted by atomic mass is 9.82. The van der Waals surface area contributed by atoms with Crippen LogP contribution in [0, 0.1) is 5.41 Å². The lowest BCUT2D eigenvalue weighted by molar-refractivity contribution is -0.124. The van der Waals surface area contributed by atoms with E-state index >= 15 is 0 Å². The molecule has 0 saturated carbocycles. The predicted octanol–water partition coefficient (Wildman–Crippen LogP) is 3.31. The maximum absolute atomic E-state index is 11.7. The van der Waals surface area contributed by atoms with E-state index in [1.165, 1.54) is 0 Å². The maximum Gasteiger partial charge on any atom is 0.237 e. The van der Waals surface area contributed by atoms with Crippen LogP contribution in [-0.4, -0.2) is 28.7 Å². The van der Waals surface area contributed by atoms with Gasteiger partial charge in [-0.1, -0.05) is 44.7 Å². The Morgan fingerprint density at radius 3 is 2.26 bits per heavy atom. The van der Waals surface area contributed by atoms with Gasteiger partial charge in [-0.05, 0) is 28.7 Å². The first-order chi connectivity index (χ1) is 8.80. The molecule has 1 fully saturated rings. The van der Waals surface area contributed by atoms with E-state index in [-0.39, 0.29) is 17.1 Å². The lowest BCUT2D eigenvalue weighted by Gasteiger charge is -2.27. The fraction of sp³-hybridized carbons (Fsp3) is 0.400. The highest BCUT2D eigenvalue weighted by atomic mass is 32.2. The Labute approximate surface area is 118 Å². The van der Waals surface area contributed by atoms with Crippen molar-refractivity contribution in [3.05, 3.63) is 34.9 Å². The molecule has 1 aromatic rings. The molecule has 0 radical (unpaired) electrons. The monoisotopic (exact) mass is 277 g/mol. The van der Waals surface area contributed by atoms with Crippen molar-refractivity contribution in [3.8, 4) is 5.75 Å². The number of phenolic OH excluding ortho intramolecular Hbond substituents is 1. The van der Waals surface area contributed by atoms with Gasteiger partial charge in [0, 0.05) is 7.05 Å². The molecule has 1 heterocycles. The summed E-state index contributed by atoms with van der Waals surface area (Å²) in [7, 11) is 1.82. The number of hydrogen-bond acceptors (Lipinski definition) is 3. The van der Waals surface area contributed by atoms with Crippen molar-refractivity contribution in [3.63, 3.8) is 0 Å². The van der Waals surface area contributed by atoms with Gasteiger partial charge in [0.25, 0.3) is 0 Å². The molecule has 0 spiro atoms. The number of hydrogen-bond donors (Lipinski definition) is 1. The standard InChI is InChI=1S/C15H19NO2S/c1-15(2,3)13(10-5-7-11(17)8-6-10)14-16(4)12(18)9-19-14/h5-8,17H,9H2,1-4H3. The van der Waals surface area contributed by atoms with Crippen molar-refractivity contribution >= 4 is 23.2 Å². The Bertz CT molecular complexity index is 526. The molecule has 0 aliphatic carbocycles. The summed E-state index contributed by atoms with van der Waals surface area (Å²) in [5, 5.41) is 10.4. The van der Waals surface area contributed by atoms with E-state index in [0.29, 0.717) is 5.75 Å². The van der Waals surface area contributed by atoms with Gasteiger partial charge in [-0.2, -0.15) is 0 Å². The number of aromatic hydroxyl groups is 1. The van der Waals surface area contributed by atoms with E-state index in [1.807, 2.05) is 19.2 Å². The SMILES string of the molecule is CN1C(=O)CSC1=C(c1ccc(O)cc1)C(C)(C)C. The van der Waals surface area contributed by atoms with Gasteiger partial charge in [0.1, 0.15) is 5.75 Å². The van der Waals surface area contributed by atoms with Crippen LogP contribution in [-0.2, 0) is 4.79 Å². The van der Waals surface area contributed by atoms with Crippen LogP contribution in [0.25, 0.3) is 5.57 Å². The molecule has 3 nitrogen and oxygen atoms in total. The number of phenols is 1. The molecule has 0 atom stereocenters. The van der Waals surface area contributed by atoms with Crippen LogP contribution >= 0.6 is 11.8 Å². The molecule has 1 aliphatic heterocycles. The van der Waals surface area contributed by atoms with Crippen molar-refractivity contribution in [1.29, 1.82) is 0 Å². The largest absolute Gasteiger partial charge is 0.508 e. The minimum absolute atomic E-state index is 0.0712. The number of nitrogens with zero attached hydrogens (tertiary/aromatic N) is 1. The van der Waals surface area contributed by atoms with E-state index in [0.717, 1.165) is 16.2 Å². The van der Waals surface area contributed by atoms with E-state index < -0.39 is 0 Å². The average molecular weight is 277 g/mol. The van der Waals surface area contributed by atoms with E-state index in [1.54, 1.807) is 28.8 Å². The number of carbonyl (C=O) groups is 1. The molecule has 1 N–H and O–H groups in total. The van der Waals surface area contributed by atoms with Gasteiger partial charge in [0.15, 0.2) is 0 Å². The number of benzene rings is 1. The normalized spacial score (nSPS) is 18.9. The number of rotatable bonds is 1. The Kier molecular flexibility index (Phi) is 3.63. The van der Waals surface area contributed by atoms with Crippen molar-refractivity contribution in [1.82, 2.24) is 4.90 Å². The zero-order chi connectivity index (χ0) is 14.2. The van der Waals surface area contributed by atoms with Crippen LogP contribution in [0.2, 0.25) is 0 Å². The zero-order valence-electron chi connectivity index (χ0n) is 11.7. The second kappa shape index (κ2) is 4.93. The first-order valence-corrected chi connectivity index (χ1v) is 7.23. The summed E-state index contributed by atoms with van der Waals surface area (Å²) in [4.78, 5) is 13.5. The molecular formula is C15H19NO2S. The van der Waals surface area contributed by atoms with Crippen molar-refractivity contribution in [2.24, 2.45) is 5.41 Å². The number of thioether (sulfide) groups is 1. The Balaban J connectivity index is 2.58. The highest BCUT2D eigenvalue weighted by molar-refractivity contribution is 8.04. The fourth-order valence-electron chi connectivity index (χ4n) is 2.18. The third kappa shape index (κ3) is 2.78. The molecule has 102 valence electrons. The highest BCUT2D eigenvalue weighted by Crippen LogP contribution is 2.43. The third-order valence-corrected chi connectivity index (χ3v) is 4.27. The maximum atomic E-state index is 11.7. The Morgan fingerprint density at radius 2 is 1.84 bits per heavy atom. The van der Waals surface area contributed by atoms with E-state index in [4.69, 9.17) is 0 Å². The number of allylic oxidation sites excluding steroid dienone is 1. The fourth-order valence-corrected chi connectivity index (χ4v) is 3.50. The number of amides is 1. The molecule has 1 amide bonds. The smallest absolute Gasteiger partial charge is 0.237 e. The summed E-state index contributed by atoms with van der Waals surface area (Å²) in [5.74, 6) is 0.898. The van der Waals surface area contributed by atoms with Crippen molar-refractivity contribution in [2.45, 2.75) is 20.8 Å². The third-order valence-electron chi connectivity index (χ3n) is 3.13. The minimum atomic E-state index is -0.0712. The molecule has 19 heavy (non-hydrogen) atoms. The zero-order valence-corrected chi connectivity index (χ0v) is 12.5. The molecular weight excluding hydrogens is 258 g/mol. The van der Waals surface area contributed by atoms with Gasteiger partial charge in [-0.25, -0.2) is 0 Å². The van der Waals surface area contributed by atoms with Gasteiger partial charge < -0.3 is 10.0 Å². The summed E-state index contributed by atoms with van der Waals surface area (Å²) in [6, 6.07) is 7.17. The second-order valence-electron chi connectivity index (χ2n) is 5.72. The van der Waals surface area contributed by atoms with Crippen LogP contribution < -0.4 is 0 Å². The van der Waals surface area contributed by atoms with Crippen molar-refractivity contribution < 1.29 is 9.90 Å². The Morgan fingerprint density at radius 1 is 1.26 bits per heavy atom. The van der Waals surface area contributed by atoms with Gasteiger partial charge in [-0.15, -0.1) is 0 Å². The first-order valence-electron chi connectivity index (χ1n) is 6.24. The molecule has 1 aliphatic rings. The molecule has 4 heteroatoms. The summed E-state index contributed by atoms with van der Waals surface area (Å²) < 4.78 is 0. The second-order valence-corrected chi connectivity index (χ2v) is 6.68. The lowest BCUT2D eigenvalue weighted by Crippen LogP contribution is -2.22. The molecule has 1 saturated heterocycles. The van der Waals surface area contributed by atoms with Crippen LogP contribution in [0.15, 0.2) is 29.3 Å². The predicted molar refractivity (Wildman–Crippen MR) is 79.7 cm³/mol. The summed E-state index contributed by atoms with van der Waals surface area (Å²) >= 11 is 1.59. The summed E-state index contributed by atoms with van der Waals surface area (Å²) in [6.07, 6.45) is 0. The molecule has 2 rings (SSSR count). The van der Waals surface area contributed by atoms with Gasteiger partial charge in [-0.3, -0.25) is 4.79 Å². The molecule has 0 aromatic heterocycles. The van der Waals surface area contributed by atoms with Crippen LogP contribution in [0.4, 0.5) is 0 Å². The molecule has 1 aromatic carbocycles. The van der Waals surface area contributed by atoms with Crippen LogP contribution in [0.5, 0.6) is 5.75 Å². The molecule has 0 bridgehead atoms. The van der Waals surface area contributed by atoms with E-state index in [2.05, 4.69) is 20.8 Å². The van der Waals surface area contributed by atoms with Crippen LogP contribution in [0.3, 0.4) is 0 Å². The summed E-state index contributed by atoms with van der Waals surface area (Å²) in [6.45, 7) is 6.41. The van der Waals surface area contributed by atoms with Crippen LogP contribution in [0.1, 0.15) is 26.3 Å².